The molecule has 4 nitrogen and oxygen atoms in total. The molecule has 3 atom stereocenters. The van der Waals surface area contributed by atoms with Crippen LogP contribution in [0.2, 0.25) is 4.34 Å². The first-order chi connectivity index (χ1) is 9.04. The number of nitrogens with one attached hydrogen (secondary N) is 1. The van der Waals surface area contributed by atoms with Gasteiger partial charge in [-0.1, -0.05) is 18.5 Å². The second-order valence-electron chi connectivity index (χ2n) is 4.90. The summed E-state index contributed by atoms with van der Waals surface area (Å²) >= 11 is 7.57. The van der Waals surface area contributed by atoms with Crippen LogP contribution in [0.15, 0.2) is 12.1 Å². The van der Waals surface area contributed by atoms with Gasteiger partial charge in [-0.2, -0.15) is 0 Å². The van der Waals surface area contributed by atoms with Crippen molar-refractivity contribution in [2.45, 2.75) is 38.4 Å². The SMILES string of the molecule is CCC1C(=O)NCCN1C(c1ccc(Cl)s1)C(C)N. The van der Waals surface area contributed by atoms with Crippen molar-refractivity contribution >= 4 is 28.8 Å². The van der Waals surface area contributed by atoms with E-state index >= 15 is 0 Å². The lowest BCUT2D eigenvalue weighted by Gasteiger charge is -2.41. The van der Waals surface area contributed by atoms with Crippen LogP contribution < -0.4 is 11.1 Å². The minimum Gasteiger partial charge on any atom is -0.353 e. The summed E-state index contributed by atoms with van der Waals surface area (Å²) in [5, 5.41) is 2.92. The summed E-state index contributed by atoms with van der Waals surface area (Å²) in [6.45, 7) is 5.52. The third-order valence-electron chi connectivity index (χ3n) is 3.50. The van der Waals surface area contributed by atoms with E-state index in [1.165, 1.54) is 0 Å². The van der Waals surface area contributed by atoms with E-state index in [1.54, 1.807) is 11.3 Å². The first-order valence-corrected chi connectivity index (χ1v) is 7.78. The van der Waals surface area contributed by atoms with E-state index in [-0.39, 0.29) is 24.0 Å². The fraction of sp³-hybridized carbons (Fsp3) is 0.615. The second kappa shape index (κ2) is 6.22. The third kappa shape index (κ3) is 3.11. The van der Waals surface area contributed by atoms with Crippen LogP contribution in [0, 0.1) is 0 Å². The molecule has 1 aromatic rings. The Morgan fingerprint density at radius 1 is 1.63 bits per heavy atom. The van der Waals surface area contributed by atoms with Crippen molar-refractivity contribution in [3.63, 3.8) is 0 Å². The predicted molar refractivity (Wildman–Crippen MR) is 79.5 cm³/mol. The molecule has 3 N–H and O–H groups in total. The number of amides is 1. The number of nitrogens with zero attached hydrogens (tertiary/aromatic N) is 1. The molecule has 1 aromatic heterocycles. The van der Waals surface area contributed by atoms with Crippen molar-refractivity contribution in [3.05, 3.63) is 21.3 Å². The Labute approximate surface area is 122 Å². The number of carbonyl (C=O) groups is 1. The van der Waals surface area contributed by atoms with E-state index in [0.717, 1.165) is 22.2 Å². The Bertz CT molecular complexity index is 449. The quantitative estimate of drug-likeness (QED) is 0.894. The number of hydrogen-bond donors (Lipinski definition) is 2. The van der Waals surface area contributed by atoms with Gasteiger partial charge < -0.3 is 11.1 Å². The molecule has 1 aliphatic rings. The Morgan fingerprint density at radius 2 is 2.37 bits per heavy atom. The van der Waals surface area contributed by atoms with Crippen LogP contribution in [0.5, 0.6) is 0 Å². The smallest absolute Gasteiger partial charge is 0.237 e. The Balaban J connectivity index is 2.30. The molecule has 0 aromatic carbocycles. The van der Waals surface area contributed by atoms with Gasteiger partial charge in [0.2, 0.25) is 5.91 Å². The maximum atomic E-state index is 12.0. The Hall–Kier alpha value is -0.620. The highest BCUT2D eigenvalue weighted by Gasteiger charge is 2.36. The molecule has 0 radical (unpaired) electrons. The molecule has 2 rings (SSSR count). The average Bonchev–Trinajstić information content (AvgIpc) is 2.76. The molecule has 2 heterocycles. The third-order valence-corrected chi connectivity index (χ3v) is 4.80. The molecule has 0 spiro atoms. The van der Waals surface area contributed by atoms with Crippen LogP contribution in [0.4, 0.5) is 0 Å². The zero-order chi connectivity index (χ0) is 14.0. The number of nitrogens with two attached hydrogens (primary N) is 1. The number of carbonyl (C=O) groups excluding carboxylic acids is 1. The van der Waals surface area contributed by atoms with E-state index in [1.807, 2.05) is 26.0 Å². The normalized spacial score (nSPS) is 24.0. The lowest BCUT2D eigenvalue weighted by molar-refractivity contribution is -0.130. The van der Waals surface area contributed by atoms with Crippen molar-refractivity contribution in [3.8, 4) is 0 Å². The zero-order valence-electron chi connectivity index (χ0n) is 11.2. The standard InChI is InChI=1S/C13H20ClN3OS/c1-3-9-13(18)16-6-7-17(9)12(8(2)15)10-4-5-11(14)19-10/h4-5,8-9,12H,3,6-7,15H2,1-2H3,(H,16,18). The summed E-state index contributed by atoms with van der Waals surface area (Å²) in [5.41, 5.74) is 6.16. The summed E-state index contributed by atoms with van der Waals surface area (Å²) in [7, 11) is 0. The minimum atomic E-state index is -0.106. The van der Waals surface area contributed by atoms with Crippen LogP contribution in [-0.2, 0) is 4.79 Å². The van der Waals surface area contributed by atoms with Gasteiger partial charge in [-0.15, -0.1) is 11.3 Å². The first kappa shape index (κ1) is 14.8. The van der Waals surface area contributed by atoms with Gasteiger partial charge in [0.25, 0.3) is 0 Å². The molecule has 3 unspecified atom stereocenters. The molecule has 1 amide bonds. The Morgan fingerprint density at radius 3 is 2.89 bits per heavy atom. The first-order valence-electron chi connectivity index (χ1n) is 6.58. The van der Waals surface area contributed by atoms with Crippen molar-refractivity contribution in [2.75, 3.05) is 13.1 Å². The largest absolute Gasteiger partial charge is 0.353 e. The molecule has 106 valence electrons. The maximum absolute atomic E-state index is 12.0. The van der Waals surface area contributed by atoms with Crippen molar-refractivity contribution in [2.24, 2.45) is 5.73 Å². The number of thiophene rings is 1. The van der Waals surface area contributed by atoms with Gasteiger partial charge in [-0.05, 0) is 25.5 Å². The molecule has 1 fully saturated rings. The fourth-order valence-electron chi connectivity index (χ4n) is 2.70. The molecule has 0 bridgehead atoms. The van der Waals surface area contributed by atoms with Crippen LogP contribution in [-0.4, -0.2) is 36.0 Å². The Kier molecular flexibility index (Phi) is 4.84. The molecule has 1 aliphatic heterocycles. The highest BCUT2D eigenvalue weighted by atomic mass is 35.5. The summed E-state index contributed by atoms with van der Waals surface area (Å²) in [4.78, 5) is 15.3. The summed E-state index contributed by atoms with van der Waals surface area (Å²) in [5.74, 6) is 0.0991. The van der Waals surface area contributed by atoms with Crippen LogP contribution in [0.1, 0.15) is 31.2 Å². The summed E-state index contributed by atoms with van der Waals surface area (Å²) in [6.07, 6.45) is 0.786. The van der Waals surface area contributed by atoms with Gasteiger partial charge in [0, 0.05) is 24.0 Å². The van der Waals surface area contributed by atoms with E-state index in [9.17, 15) is 4.79 Å². The maximum Gasteiger partial charge on any atom is 0.237 e. The van der Waals surface area contributed by atoms with Gasteiger partial charge in [0.1, 0.15) is 0 Å². The van der Waals surface area contributed by atoms with Crippen LogP contribution in [0.3, 0.4) is 0 Å². The van der Waals surface area contributed by atoms with E-state index in [4.69, 9.17) is 17.3 Å². The zero-order valence-corrected chi connectivity index (χ0v) is 12.8. The summed E-state index contributed by atoms with van der Waals surface area (Å²) < 4.78 is 0.759. The number of rotatable bonds is 4. The minimum absolute atomic E-state index is 0.0466. The van der Waals surface area contributed by atoms with Crippen LogP contribution in [0.25, 0.3) is 0 Å². The summed E-state index contributed by atoms with van der Waals surface area (Å²) in [6, 6.07) is 3.80. The van der Waals surface area contributed by atoms with E-state index in [2.05, 4.69) is 10.2 Å². The van der Waals surface area contributed by atoms with Crippen molar-refractivity contribution in [1.29, 1.82) is 0 Å². The van der Waals surface area contributed by atoms with Crippen LogP contribution >= 0.6 is 22.9 Å². The fourth-order valence-corrected chi connectivity index (χ4v) is 4.00. The molecular formula is C13H20ClN3OS. The average molecular weight is 302 g/mol. The van der Waals surface area contributed by atoms with Gasteiger partial charge >= 0.3 is 0 Å². The van der Waals surface area contributed by atoms with Gasteiger partial charge in [0.05, 0.1) is 16.4 Å². The lowest BCUT2D eigenvalue weighted by Crippen LogP contribution is -2.58. The topological polar surface area (TPSA) is 58.4 Å². The van der Waals surface area contributed by atoms with Crippen molar-refractivity contribution < 1.29 is 4.79 Å². The monoisotopic (exact) mass is 301 g/mol. The van der Waals surface area contributed by atoms with Crippen molar-refractivity contribution in [1.82, 2.24) is 10.2 Å². The predicted octanol–water partition coefficient (Wildman–Crippen LogP) is 2.00. The molecule has 0 saturated carbocycles. The van der Waals surface area contributed by atoms with E-state index in [0.29, 0.717) is 6.54 Å². The molecule has 1 saturated heterocycles. The van der Waals surface area contributed by atoms with Gasteiger partial charge in [-0.25, -0.2) is 0 Å². The number of halogens is 1. The highest BCUT2D eigenvalue weighted by Crippen LogP contribution is 2.34. The van der Waals surface area contributed by atoms with E-state index < -0.39 is 0 Å². The molecule has 6 heteroatoms. The second-order valence-corrected chi connectivity index (χ2v) is 6.65. The number of hydrogen-bond acceptors (Lipinski definition) is 4. The lowest BCUT2D eigenvalue weighted by atomic mass is 10.0. The molecule has 0 aliphatic carbocycles. The molecule has 19 heavy (non-hydrogen) atoms. The molecular weight excluding hydrogens is 282 g/mol. The van der Waals surface area contributed by atoms with Gasteiger partial charge in [0.15, 0.2) is 0 Å². The highest BCUT2D eigenvalue weighted by molar-refractivity contribution is 7.16. The number of piperazine rings is 1. The van der Waals surface area contributed by atoms with Gasteiger partial charge in [-0.3, -0.25) is 9.69 Å².